The molecule has 32 heavy (non-hydrogen) atoms. The van der Waals surface area contributed by atoms with Crippen LogP contribution in [-0.2, 0) is 0 Å². The molecular formula is C24H19Cl3N2O3. The zero-order chi connectivity index (χ0) is 22.4. The van der Waals surface area contributed by atoms with Crippen LogP contribution in [-0.4, -0.2) is 24.9 Å². The van der Waals surface area contributed by atoms with Gasteiger partial charge in [0.2, 0.25) is 6.23 Å². The molecule has 8 heteroatoms. The van der Waals surface area contributed by atoms with Gasteiger partial charge in [0.1, 0.15) is 5.75 Å². The van der Waals surface area contributed by atoms with E-state index in [1.165, 1.54) is 0 Å². The third-order valence-electron chi connectivity index (χ3n) is 5.68. The predicted octanol–water partition coefficient (Wildman–Crippen LogP) is 6.91. The van der Waals surface area contributed by atoms with Crippen LogP contribution >= 0.6 is 34.8 Å². The van der Waals surface area contributed by atoms with Gasteiger partial charge in [-0.15, -0.1) is 0 Å². The minimum absolute atomic E-state index is 0.0845. The van der Waals surface area contributed by atoms with Crippen LogP contribution in [0.5, 0.6) is 17.2 Å². The molecule has 5 nitrogen and oxygen atoms in total. The van der Waals surface area contributed by atoms with Crippen molar-refractivity contribution in [3.63, 3.8) is 0 Å². The van der Waals surface area contributed by atoms with Gasteiger partial charge < -0.3 is 14.2 Å². The first-order valence-electron chi connectivity index (χ1n) is 9.97. The molecule has 0 N–H and O–H groups in total. The number of ether oxygens (including phenoxy) is 3. The van der Waals surface area contributed by atoms with Gasteiger partial charge in [0, 0.05) is 33.2 Å². The monoisotopic (exact) mass is 488 g/mol. The lowest BCUT2D eigenvalue weighted by molar-refractivity contribution is -0.0189. The molecule has 0 saturated carbocycles. The first kappa shape index (κ1) is 21.3. The van der Waals surface area contributed by atoms with E-state index in [2.05, 4.69) is 0 Å². The Labute approximate surface area is 201 Å². The van der Waals surface area contributed by atoms with Crippen LogP contribution in [0.15, 0.2) is 59.7 Å². The molecule has 5 rings (SSSR count). The number of halogens is 3. The van der Waals surface area contributed by atoms with E-state index in [0.29, 0.717) is 38.7 Å². The van der Waals surface area contributed by atoms with Crippen molar-refractivity contribution < 1.29 is 14.2 Å². The van der Waals surface area contributed by atoms with Gasteiger partial charge in [0.25, 0.3) is 0 Å². The highest BCUT2D eigenvalue weighted by Crippen LogP contribution is 2.51. The molecule has 164 valence electrons. The number of hydrazone groups is 1. The zero-order valence-corrected chi connectivity index (χ0v) is 19.6. The van der Waals surface area contributed by atoms with Crippen molar-refractivity contribution >= 4 is 40.5 Å². The number of hydrogen-bond donors (Lipinski definition) is 0. The Bertz CT molecular complexity index is 1210. The minimum Gasteiger partial charge on any atom is -0.493 e. The summed E-state index contributed by atoms with van der Waals surface area (Å²) < 4.78 is 17.2. The summed E-state index contributed by atoms with van der Waals surface area (Å²) in [5, 5.41) is 8.61. The molecule has 0 radical (unpaired) electrons. The maximum Gasteiger partial charge on any atom is 0.213 e. The fourth-order valence-electron chi connectivity index (χ4n) is 4.15. The molecule has 0 saturated heterocycles. The molecule has 3 aromatic carbocycles. The molecule has 0 amide bonds. The molecule has 2 aliphatic heterocycles. The predicted molar refractivity (Wildman–Crippen MR) is 127 cm³/mol. The smallest absolute Gasteiger partial charge is 0.213 e. The lowest BCUT2D eigenvalue weighted by Crippen LogP contribution is -2.33. The highest BCUT2D eigenvalue weighted by atomic mass is 35.5. The van der Waals surface area contributed by atoms with Crippen LogP contribution in [0.2, 0.25) is 15.1 Å². The van der Waals surface area contributed by atoms with Crippen molar-refractivity contribution in [1.29, 1.82) is 0 Å². The Morgan fingerprint density at radius 3 is 2.38 bits per heavy atom. The second kappa shape index (κ2) is 8.39. The highest BCUT2D eigenvalue weighted by Gasteiger charge is 2.42. The quantitative estimate of drug-likeness (QED) is 0.399. The van der Waals surface area contributed by atoms with Gasteiger partial charge in [-0.2, -0.15) is 5.10 Å². The van der Waals surface area contributed by atoms with Gasteiger partial charge in [0.15, 0.2) is 11.5 Å². The third-order valence-corrected chi connectivity index (χ3v) is 6.43. The van der Waals surface area contributed by atoms with Crippen LogP contribution in [0.3, 0.4) is 0 Å². The largest absolute Gasteiger partial charge is 0.493 e. The Morgan fingerprint density at radius 2 is 1.66 bits per heavy atom. The molecule has 2 heterocycles. The van der Waals surface area contributed by atoms with Crippen molar-refractivity contribution in [2.45, 2.75) is 18.7 Å². The summed E-state index contributed by atoms with van der Waals surface area (Å²) in [6, 6.07) is 16.8. The highest BCUT2D eigenvalue weighted by molar-refractivity contribution is 6.35. The van der Waals surface area contributed by atoms with E-state index in [9.17, 15) is 0 Å². The third kappa shape index (κ3) is 3.64. The molecule has 0 bridgehead atoms. The van der Waals surface area contributed by atoms with E-state index >= 15 is 0 Å². The Balaban J connectivity index is 1.61. The summed E-state index contributed by atoms with van der Waals surface area (Å²) in [5.74, 6) is 1.94. The van der Waals surface area contributed by atoms with E-state index in [0.717, 1.165) is 22.4 Å². The van der Waals surface area contributed by atoms with Gasteiger partial charge in [-0.25, -0.2) is 5.01 Å². The number of rotatable bonds is 4. The number of hydrogen-bond acceptors (Lipinski definition) is 5. The molecule has 0 aromatic heterocycles. The van der Waals surface area contributed by atoms with Crippen molar-refractivity contribution in [3.8, 4) is 17.2 Å². The topological polar surface area (TPSA) is 43.3 Å². The second-order valence-electron chi connectivity index (χ2n) is 7.54. The number of methoxy groups -OCH3 is 2. The maximum atomic E-state index is 6.53. The summed E-state index contributed by atoms with van der Waals surface area (Å²) >= 11 is 19.0. The molecule has 0 aliphatic carbocycles. The molecule has 2 aliphatic rings. The van der Waals surface area contributed by atoms with E-state index in [1.807, 2.05) is 53.5 Å². The van der Waals surface area contributed by atoms with E-state index in [-0.39, 0.29) is 6.04 Å². The lowest BCUT2D eigenvalue weighted by Gasteiger charge is -2.38. The fraction of sp³-hybridized carbons (Fsp3) is 0.208. The first-order chi connectivity index (χ1) is 15.5. The van der Waals surface area contributed by atoms with E-state index < -0.39 is 6.23 Å². The molecule has 3 aromatic rings. The van der Waals surface area contributed by atoms with Crippen LogP contribution in [0, 0.1) is 0 Å². The van der Waals surface area contributed by atoms with Crippen molar-refractivity contribution in [1.82, 2.24) is 5.01 Å². The number of benzene rings is 3. The van der Waals surface area contributed by atoms with E-state index in [1.54, 1.807) is 20.3 Å². The summed E-state index contributed by atoms with van der Waals surface area (Å²) in [6.45, 7) is 0. The first-order valence-corrected chi connectivity index (χ1v) is 11.1. The molecular weight excluding hydrogens is 471 g/mol. The van der Waals surface area contributed by atoms with Crippen LogP contribution in [0.25, 0.3) is 0 Å². The minimum atomic E-state index is -0.457. The second-order valence-corrected chi connectivity index (χ2v) is 8.82. The average molecular weight is 490 g/mol. The molecule has 2 atom stereocenters. The van der Waals surface area contributed by atoms with E-state index in [4.69, 9.17) is 54.1 Å². The van der Waals surface area contributed by atoms with Crippen molar-refractivity contribution in [2.24, 2.45) is 5.10 Å². The Hall–Kier alpha value is -2.60. The van der Waals surface area contributed by atoms with Gasteiger partial charge in [-0.1, -0.05) is 46.9 Å². The van der Waals surface area contributed by atoms with Crippen LogP contribution < -0.4 is 14.2 Å². The summed E-state index contributed by atoms with van der Waals surface area (Å²) in [7, 11) is 3.23. The normalized spacial score (nSPS) is 19.0. The lowest BCUT2D eigenvalue weighted by atomic mass is 9.95. The standard InChI is InChI=1S/C24H19Cl3N2O3/c1-30-21-8-5-14(9-22(21)31-2)19-12-20-17-10-16(26)11-18(27)23(17)32-24(29(20)28-19)13-3-6-15(25)7-4-13/h3-11,20,24H,12H2,1-2H3/t20-,24-/m1/s1. The van der Waals surface area contributed by atoms with Gasteiger partial charge in [-0.3, -0.25) is 0 Å². The number of fused-ring (bicyclic) bond motifs is 3. The van der Waals surface area contributed by atoms with Gasteiger partial charge in [0.05, 0.1) is 31.0 Å². The Kier molecular flexibility index (Phi) is 5.58. The number of nitrogens with zero attached hydrogens (tertiary/aromatic N) is 2. The van der Waals surface area contributed by atoms with Crippen LogP contribution in [0.4, 0.5) is 0 Å². The summed E-state index contributed by atoms with van der Waals surface area (Å²) in [6.07, 6.45) is 0.202. The van der Waals surface area contributed by atoms with Crippen molar-refractivity contribution in [2.75, 3.05) is 14.2 Å². The van der Waals surface area contributed by atoms with Gasteiger partial charge in [-0.05, 0) is 42.5 Å². The molecule has 0 unspecified atom stereocenters. The molecule has 0 fully saturated rings. The fourth-order valence-corrected chi connectivity index (χ4v) is 4.83. The summed E-state index contributed by atoms with van der Waals surface area (Å²) in [4.78, 5) is 0. The Morgan fingerprint density at radius 1 is 0.906 bits per heavy atom. The summed E-state index contributed by atoms with van der Waals surface area (Å²) in [5.41, 5.74) is 3.68. The SMILES string of the molecule is COc1ccc(C2=NN3[C@H](C2)c2cc(Cl)cc(Cl)c2O[C@@H]3c2ccc(Cl)cc2)cc1OC. The molecule has 0 spiro atoms. The zero-order valence-electron chi connectivity index (χ0n) is 17.3. The average Bonchev–Trinajstić information content (AvgIpc) is 3.25. The maximum absolute atomic E-state index is 6.53. The van der Waals surface area contributed by atoms with Crippen LogP contribution in [0.1, 0.15) is 35.4 Å². The van der Waals surface area contributed by atoms with Crippen molar-refractivity contribution in [3.05, 3.63) is 86.4 Å². The van der Waals surface area contributed by atoms with Gasteiger partial charge >= 0.3 is 0 Å².